The van der Waals surface area contributed by atoms with Crippen LogP contribution in [0.4, 0.5) is 5.69 Å². The minimum absolute atomic E-state index is 0.0433. The first-order valence-corrected chi connectivity index (χ1v) is 11.5. The van der Waals surface area contributed by atoms with Gasteiger partial charge in [-0.2, -0.15) is 0 Å². The fourth-order valence-corrected chi connectivity index (χ4v) is 3.50. The predicted molar refractivity (Wildman–Crippen MR) is 104 cm³/mol. The largest absolute Gasteiger partial charge is 0.461 e. The Kier molecular flexibility index (Phi) is 9.74. The molecule has 1 aromatic rings. The second-order valence-electron chi connectivity index (χ2n) is 5.57. The Bertz CT molecular complexity index is 936. The zero-order chi connectivity index (χ0) is 23.6. The lowest BCUT2D eigenvalue weighted by Crippen LogP contribution is -2.29. The van der Waals surface area contributed by atoms with Gasteiger partial charge in [-0.1, -0.05) is 0 Å². The van der Waals surface area contributed by atoms with Crippen molar-refractivity contribution in [2.75, 3.05) is 31.0 Å². The summed E-state index contributed by atoms with van der Waals surface area (Å²) in [4.78, 5) is 53.1. The number of carbonyl (C=O) groups is 2. The predicted octanol–water partition coefficient (Wildman–Crippen LogP) is 0.199. The smallest absolute Gasteiger partial charge is 0.342 e. The van der Waals surface area contributed by atoms with Gasteiger partial charge in [-0.05, 0) is 29.0 Å². The summed E-state index contributed by atoms with van der Waals surface area (Å²) in [6.07, 6.45) is -1.48. The van der Waals surface area contributed by atoms with E-state index in [9.17, 15) is 38.2 Å². The molecule has 172 valence electrons. The molecule has 1 atom stereocenters. The topological polar surface area (TPSA) is 218 Å². The molecule has 0 aliphatic heterocycles. The Morgan fingerprint density at radius 1 is 1.23 bits per heavy atom. The number of hydrogen-bond acceptors (Lipinski definition) is 14. The van der Waals surface area contributed by atoms with Crippen LogP contribution in [0.5, 0.6) is 5.75 Å². The Morgan fingerprint density at radius 3 is 2.48 bits per heavy atom. The molecule has 17 heteroatoms. The first kappa shape index (κ1) is 25.7. The average molecular weight is 483 g/mol. The van der Waals surface area contributed by atoms with Gasteiger partial charge < -0.3 is 24.9 Å². The minimum atomic E-state index is -3.32. The van der Waals surface area contributed by atoms with E-state index in [0.29, 0.717) is 10.8 Å². The maximum Gasteiger partial charge on any atom is 0.342 e. The van der Waals surface area contributed by atoms with Crippen molar-refractivity contribution in [1.82, 2.24) is 0 Å². The van der Waals surface area contributed by atoms with Gasteiger partial charge >= 0.3 is 11.9 Å². The van der Waals surface area contributed by atoms with Crippen molar-refractivity contribution in [2.45, 2.75) is 12.5 Å². The second kappa shape index (κ2) is 11.7. The fraction of sp³-hybridized carbons (Fsp3) is 0.429. The van der Waals surface area contributed by atoms with Crippen LogP contribution in [0, 0.1) is 20.2 Å². The Morgan fingerprint density at radius 2 is 1.90 bits per heavy atom. The Hall–Kier alpha value is -3.34. The zero-order valence-electron chi connectivity index (χ0n) is 15.8. The molecule has 0 fully saturated rings. The van der Waals surface area contributed by atoms with Crippen molar-refractivity contribution < 1.29 is 47.3 Å². The van der Waals surface area contributed by atoms with Gasteiger partial charge in [-0.15, -0.1) is 20.2 Å². The number of nitrogens with zero attached hydrogens (tertiary/aromatic N) is 2. The molecule has 2 N–H and O–H groups in total. The first-order chi connectivity index (χ1) is 14.4. The molecular weight excluding hydrogens is 466 g/mol. The molecule has 0 saturated carbocycles. The van der Waals surface area contributed by atoms with E-state index in [-0.39, 0.29) is 29.4 Å². The van der Waals surface area contributed by atoms with E-state index in [1.807, 2.05) is 0 Å². The Balaban J connectivity index is 2.82. The Labute approximate surface area is 178 Å². The maximum absolute atomic E-state index is 12.2. The normalized spacial score (nSPS) is 11.8. The van der Waals surface area contributed by atoms with E-state index < -0.39 is 50.1 Å². The molecule has 15 nitrogen and oxygen atoms in total. The molecular formula is C14H17N3O12S2. The third-order valence-corrected chi connectivity index (χ3v) is 5.60. The van der Waals surface area contributed by atoms with Crippen LogP contribution in [-0.2, 0) is 28.1 Å². The van der Waals surface area contributed by atoms with E-state index in [0.717, 1.165) is 18.4 Å². The molecule has 0 radical (unpaired) electrons. The SMILES string of the molecule is CS(=O)(=O)SCCOC(=O)c1cc(N)ccc1OC(=O)CC(CO[N+](=O)[O-])O[N+](=O)[O-]. The van der Waals surface area contributed by atoms with E-state index in [1.165, 1.54) is 6.07 Å². The van der Waals surface area contributed by atoms with Crippen molar-refractivity contribution in [3.63, 3.8) is 0 Å². The number of anilines is 1. The quantitative estimate of drug-likeness (QED) is 0.0753. The third-order valence-electron chi connectivity index (χ3n) is 3.06. The van der Waals surface area contributed by atoms with Crippen molar-refractivity contribution in [2.24, 2.45) is 0 Å². The number of rotatable bonds is 13. The van der Waals surface area contributed by atoms with Gasteiger partial charge in [0.15, 0.2) is 8.87 Å². The summed E-state index contributed by atoms with van der Waals surface area (Å²) in [6, 6.07) is 3.58. The van der Waals surface area contributed by atoms with Gasteiger partial charge in [0.1, 0.15) is 30.6 Å². The lowest BCUT2D eigenvalue weighted by Gasteiger charge is -2.14. The number of hydrogen-bond donors (Lipinski definition) is 1. The van der Waals surface area contributed by atoms with Crippen LogP contribution < -0.4 is 10.5 Å². The van der Waals surface area contributed by atoms with Crippen molar-refractivity contribution in [1.29, 1.82) is 0 Å². The summed E-state index contributed by atoms with van der Waals surface area (Å²) in [5, 5.41) is 18.2. The van der Waals surface area contributed by atoms with E-state index >= 15 is 0 Å². The first-order valence-electron chi connectivity index (χ1n) is 8.07. The molecule has 31 heavy (non-hydrogen) atoms. The van der Waals surface area contributed by atoms with Crippen LogP contribution in [0.25, 0.3) is 0 Å². The number of ether oxygens (including phenoxy) is 2. The van der Waals surface area contributed by atoms with Crippen LogP contribution >= 0.6 is 10.8 Å². The molecule has 0 amide bonds. The highest BCUT2D eigenvalue weighted by Gasteiger charge is 2.23. The van der Waals surface area contributed by atoms with E-state index in [4.69, 9.17) is 15.2 Å². The highest BCUT2D eigenvalue weighted by Crippen LogP contribution is 2.23. The van der Waals surface area contributed by atoms with Crippen molar-refractivity contribution >= 4 is 37.3 Å². The molecule has 0 spiro atoms. The molecule has 0 bridgehead atoms. The molecule has 1 rings (SSSR count). The lowest BCUT2D eigenvalue weighted by atomic mass is 10.2. The number of nitrogens with two attached hydrogens (primary N) is 1. The summed E-state index contributed by atoms with van der Waals surface area (Å²) in [5.41, 5.74) is 5.45. The number of carbonyl (C=O) groups excluding carboxylic acids is 2. The molecule has 0 saturated heterocycles. The second-order valence-corrected chi connectivity index (χ2v) is 10.1. The van der Waals surface area contributed by atoms with Crippen LogP contribution in [0.2, 0.25) is 0 Å². The van der Waals surface area contributed by atoms with Crippen molar-refractivity contribution in [3.8, 4) is 5.75 Å². The molecule has 0 aliphatic rings. The minimum Gasteiger partial charge on any atom is -0.461 e. The van der Waals surface area contributed by atoms with Gasteiger partial charge in [-0.25, -0.2) is 13.2 Å². The summed E-state index contributed by atoms with van der Waals surface area (Å²) in [7, 11) is -2.76. The van der Waals surface area contributed by atoms with E-state index in [2.05, 4.69) is 9.68 Å². The van der Waals surface area contributed by atoms with Gasteiger partial charge in [0.2, 0.25) is 0 Å². The van der Waals surface area contributed by atoms with Crippen LogP contribution in [-0.4, -0.2) is 61.9 Å². The van der Waals surface area contributed by atoms with Crippen molar-refractivity contribution in [3.05, 3.63) is 44.0 Å². The monoisotopic (exact) mass is 483 g/mol. The lowest BCUT2D eigenvalue weighted by molar-refractivity contribution is -0.789. The van der Waals surface area contributed by atoms with Gasteiger partial charge in [0, 0.05) is 17.7 Å². The summed E-state index contributed by atoms with van der Waals surface area (Å²) >= 11 is 0. The average Bonchev–Trinajstić information content (AvgIpc) is 2.63. The molecule has 0 aliphatic carbocycles. The van der Waals surface area contributed by atoms with Gasteiger partial charge in [-0.3, -0.25) is 4.79 Å². The summed E-state index contributed by atoms with van der Waals surface area (Å²) in [5.74, 6) is -2.46. The third kappa shape index (κ3) is 10.8. The number of nitrogen functional groups attached to an aromatic ring is 1. The summed E-state index contributed by atoms with van der Waals surface area (Å²) < 4.78 is 32.0. The maximum atomic E-state index is 12.2. The summed E-state index contributed by atoms with van der Waals surface area (Å²) in [6.45, 7) is -1.19. The number of benzene rings is 1. The fourth-order valence-electron chi connectivity index (χ4n) is 1.94. The van der Waals surface area contributed by atoms with E-state index in [1.54, 1.807) is 0 Å². The molecule has 0 aromatic heterocycles. The molecule has 0 heterocycles. The molecule has 1 aromatic carbocycles. The highest BCUT2D eigenvalue weighted by molar-refractivity contribution is 8.71. The van der Waals surface area contributed by atoms with Crippen LogP contribution in [0.3, 0.4) is 0 Å². The number of esters is 2. The standard InChI is InChI=1S/C14H17N3O12S2/c1-31(24,25)30-5-4-26-14(19)11-6-9(15)2-3-12(11)28-13(18)7-10(29-17(22)23)8-27-16(20)21/h2-3,6,10H,4-5,7-8,15H2,1H3. The molecule has 1 unspecified atom stereocenters. The van der Waals surface area contributed by atoms with Crippen LogP contribution in [0.15, 0.2) is 18.2 Å². The zero-order valence-corrected chi connectivity index (χ0v) is 17.5. The highest BCUT2D eigenvalue weighted by atomic mass is 33.1. The van der Waals surface area contributed by atoms with Crippen LogP contribution in [0.1, 0.15) is 16.8 Å². The van der Waals surface area contributed by atoms with Gasteiger partial charge in [0.05, 0.1) is 6.42 Å². The van der Waals surface area contributed by atoms with Gasteiger partial charge in [0.25, 0.3) is 10.2 Å².